The van der Waals surface area contributed by atoms with E-state index in [2.05, 4.69) is 38.1 Å². The molecule has 96 valence electrons. The van der Waals surface area contributed by atoms with Crippen LogP contribution in [-0.4, -0.2) is 22.5 Å². The molecule has 0 unspecified atom stereocenters. The summed E-state index contributed by atoms with van der Waals surface area (Å²) in [5.74, 6) is 6.97. The summed E-state index contributed by atoms with van der Waals surface area (Å²) in [6.07, 6.45) is 2.59. The number of carbonyl (C=O) groups excluding carboxylic acids is 1. The van der Waals surface area contributed by atoms with Gasteiger partial charge in [-0.15, -0.1) is 0 Å². The Bertz CT molecular complexity index is 506. The molecular formula is C13H16BrN3O. The van der Waals surface area contributed by atoms with Crippen LogP contribution < -0.4 is 5.32 Å². The lowest BCUT2D eigenvalue weighted by atomic mass is 10.2. The lowest BCUT2D eigenvalue weighted by Gasteiger charge is -2.29. The average Bonchev–Trinajstić information content (AvgIpc) is 2.36. The zero-order valence-electron chi connectivity index (χ0n) is 11.0. The lowest BCUT2D eigenvalue weighted by Crippen LogP contribution is -2.39. The minimum absolute atomic E-state index is 0.135. The number of amides is 1. The van der Waals surface area contributed by atoms with Gasteiger partial charge in [0.05, 0.1) is 5.57 Å². The van der Waals surface area contributed by atoms with Crippen molar-refractivity contribution in [3.8, 4) is 11.8 Å². The molecule has 18 heavy (non-hydrogen) atoms. The quantitative estimate of drug-likeness (QED) is 0.597. The summed E-state index contributed by atoms with van der Waals surface area (Å²) in [6, 6.07) is 0. The van der Waals surface area contributed by atoms with Gasteiger partial charge in [-0.25, -0.2) is 4.99 Å². The standard InChI is InChI=1S/C13H16BrN3O/c1-5-7-8-10(14)15-12-9(3)13(18)16-11(6-2)17(12)4/h6H,5H2,1-4H3,(H,16,18)/b11-6?,15-10+. The highest BCUT2D eigenvalue weighted by atomic mass is 79.9. The number of rotatable bonds is 1. The summed E-state index contributed by atoms with van der Waals surface area (Å²) < 4.78 is 0.524. The van der Waals surface area contributed by atoms with Gasteiger partial charge in [0.2, 0.25) is 0 Å². The van der Waals surface area contributed by atoms with Gasteiger partial charge >= 0.3 is 0 Å². The van der Waals surface area contributed by atoms with Crippen LogP contribution in [0.15, 0.2) is 28.3 Å². The fraction of sp³-hybridized carbons (Fsp3) is 0.385. The van der Waals surface area contributed by atoms with Gasteiger partial charge in [0.15, 0.2) is 4.62 Å². The van der Waals surface area contributed by atoms with Crippen molar-refractivity contribution in [2.45, 2.75) is 27.2 Å². The number of hydrogen-bond donors (Lipinski definition) is 1. The summed E-state index contributed by atoms with van der Waals surface area (Å²) >= 11 is 3.30. The van der Waals surface area contributed by atoms with E-state index in [4.69, 9.17) is 0 Å². The zero-order chi connectivity index (χ0) is 13.7. The topological polar surface area (TPSA) is 44.7 Å². The van der Waals surface area contributed by atoms with Gasteiger partial charge in [0.25, 0.3) is 5.91 Å². The summed E-state index contributed by atoms with van der Waals surface area (Å²) in [5, 5.41) is 2.78. The van der Waals surface area contributed by atoms with Gasteiger partial charge in [-0.2, -0.15) is 0 Å². The van der Waals surface area contributed by atoms with E-state index < -0.39 is 0 Å². The molecule has 0 spiro atoms. The van der Waals surface area contributed by atoms with Crippen molar-refractivity contribution in [2.75, 3.05) is 7.05 Å². The number of carbonyl (C=O) groups is 1. The Kier molecular flexibility index (Phi) is 5.17. The Labute approximate surface area is 116 Å². The second kappa shape index (κ2) is 6.41. The monoisotopic (exact) mass is 309 g/mol. The molecule has 4 nitrogen and oxygen atoms in total. The fourth-order valence-electron chi connectivity index (χ4n) is 1.47. The van der Waals surface area contributed by atoms with Crippen molar-refractivity contribution >= 4 is 26.5 Å². The largest absolute Gasteiger partial charge is 0.315 e. The van der Waals surface area contributed by atoms with Crippen LogP contribution >= 0.6 is 15.9 Å². The summed E-state index contributed by atoms with van der Waals surface area (Å²) in [4.78, 5) is 17.9. The second-order valence-electron chi connectivity index (χ2n) is 3.69. The first kappa shape index (κ1) is 14.5. The van der Waals surface area contributed by atoms with Crippen molar-refractivity contribution in [3.63, 3.8) is 0 Å². The molecule has 0 saturated carbocycles. The Balaban J connectivity index is 3.18. The number of allylic oxidation sites excluding steroid dienone is 1. The van der Waals surface area contributed by atoms with E-state index in [0.29, 0.717) is 21.8 Å². The van der Waals surface area contributed by atoms with Crippen molar-refractivity contribution < 1.29 is 4.79 Å². The van der Waals surface area contributed by atoms with Crippen LogP contribution in [0.4, 0.5) is 0 Å². The normalized spacial score (nSPS) is 18.7. The van der Waals surface area contributed by atoms with E-state index >= 15 is 0 Å². The van der Waals surface area contributed by atoms with Crippen LogP contribution in [0.2, 0.25) is 0 Å². The van der Waals surface area contributed by atoms with Crippen LogP contribution in [0, 0.1) is 11.8 Å². The summed E-state index contributed by atoms with van der Waals surface area (Å²) in [6.45, 7) is 5.57. The van der Waals surface area contributed by atoms with Crippen LogP contribution in [0.5, 0.6) is 0 Å². The van der Waals surface area contributed by atoms with Crippen molar-refractivity contribution in [1.82, 2.24) is 10.2 Å². The van der Waals surface area contributed by atoms with Crippen LogP contribution in [0.1, 0.15) is 27.2 Å². The van der Waals surface area contributed by atoms with Crippen molar-refractivity contribution in [1.29, 1.82) is 0 Å². The van der Waals surface area contributed by atoms with Crippen LogP contribution in [-0.2, 0) is 4.79 Å². The highest BCUT2D eigenvalue weighted by Crippen LogP contribution is 2.20. The first-order chi connectivity index (χ1) is 8.51. The maximum atomic E-state index is 11.8. The molecule has 0 saturated heterocycles. The predicted molar refractivity (Wildman–Crippen MR) is 76.8 cm³/mol. The van der Waals surface area contributed by atoms with Gasteiger partial charge in [-0.3, -0.25) is 4.79 Å². The number of hydrogen-bond acceptors (Lipinski definition) is 3. The number of halogens is 1. The number of nitrogens with one attached hydrogen (secondary N) is 1. The minimum Gasteiger partial charge on any atom is -0.315 e. The number of nitrogens with zero attached hydrogens (tertiary/aromatic N) is 2. The van der Waals surface area contributed by atoms with E-state index in [9.17, 15) is 4.79 Å². The van der Waals surface area contributed by atoms with E-state index in [-0.39, 0.29) is 5.91 Å². The molecule has 1 heterocycles. The molecule has 1 aliphatic heterocycles. The molecule has 0 radical (unpaired) electrons. The highest BCUT2D eigenvalue weighted by molar-refractivity contribution is 9.18. The molecule has 0 bridgehead atoms. The second-order valence-corrected chi connectivity index (χ2v) is 4.44. The predicted octanol–water partition coefficient (Wildman–Crippen LogP) is 2.35. The summed E-state index contributed by atoms with van der Waals surface area (Å²) in [5.41, 5.74) is 0.568. The Morgan fingerprint density at radius 2 is 2.28 bits per heavy atom. The molecule has 1 amide bonds. The van der Waals surface area contributed by atoms with E-state index in [1.165, 1.54) is 0 Å². The fourth-order valence-corrected chi connectivity index (χ4v) is 1.78. The highest BCUT2D eigenvalue weighted by Gasteiger charge is 2.23. The van der Waals surface area contributed by atoms with Gasteiger partial charge in [-0.05, 0) is 41.8 Å². The number of aliphatic imine (C=N–C) groups is 1. The molecule has 5 heteroatoms. The molecule has 1 N–H and O–H groups in total. The van der Waals surface area contributed by atoms with Crippen LogP contribution in [0.3, 0.4) is 0 Å². The van der Waals surface area contributed by atoms with E-state index in [0.717, 1.165) is 6.42 Å². The molecule has 0 atom stereocenters. The summed E-state index contributed by atoms with van der Waals surface area (Å²) in [7, 11) is 1.85. The van der Waals surface area contributed by atoms with Crippen molar-refractivity contribution in [2.24, 2.45) is 4.99 Å². The Morgan fingerprint density at radius 1 is 1.61 bits per heavy atom. The first-order valence-corrected chi connectivity index (χ1v) is 6.45. The third-order valence-electron chi connectivity index (χ3n) is 2.44. The molecular weight excluding hydrogens is 294 g/mol. The van der Waals surface area contributed by atoms with Crippen LogP contribution in [0.25, 0.3) is 0 Å². The minimum atomic E-state index is -0.135. The smallest absolute Gasteiger partial charge is 0.256 e. The van der Waals surface area contributed by atoms with Gasteiger partial charge in [0.1, 0.15) is 11.6 Å². The van der Waals surface area contributed by atoms with Gasteiger partial charge < -0.3 is 10.2 Å². The average molecular weight is 310 g/mol. The maximum Gasteiger partial charge on any atom is 0.256 e. The molecule has 0 aromatic carbocycles. The lowest BCUT2D eigenvalue weighted by molar-refractivity contribution is -0.117. The SMILES string of the molecule is CC=C1NC(=O)C(C)=C(/N=C(/Br)C#CCC)N1C. The third-order valence-corrected chi connectivity index (χ3v) is 2.82. The molecule has 0 aromatic rings. The Hall–Kier alpha value is -1.54. The zero-order valence-corrected chi connectivity index (χ0v) is 12.6. The van der Waals surface area contributed by atoms with Gasteiger partial charge in [-0.1, -0.05) is 12.8 Å². The van der Waals surface area contributed by atoms with E-state index in [1.54, 1.807) is 6.92 Å². The first-order valence-electron chi connectivity index (χ1n) is 5.66. The molecule has 0 aromatic heterocycles. The molecule has 1 rings (SSSR count). The van der Waals surface area contributed by atoms with Crippen molar-refractivity contribution in [3.05, 3.63) is 23.3 Å². The Morgan fingerprint density at radius 3 is 2.83 bits per heavy atom. The molecule has 0 fully saturated rings. The molecule has 1 aliphatic rings. The van der Waals surface area contributed by atoms with E-state index in [1.807, 2.05) is 31.9 Å². The molecule has 0 aliphatic carbocycles. The van der Waals surface area contributed by atoms with Gasteiger partial charge in [0, 0.05) is 13.5 Å². The third kappa shape index (κ3) is 3.23. The maximum absolute atomic E-state index is 11.8.